The molecule has 0 fully saturated rings. The van der Waals surface area contributed by atoms with Crippen LogP contribution in [0.1, 0.15) is 42.3 Å². The lowest BCUT2D eigenvalue weighted by atomic mass is 10.1. The summed E-state index contributed by atoms with van der Waals surface area (Å²) in [5, 5.41) is 6.60. The van der Waals surface area contributed by atoms with Crippen LogP contribution in [0, 0.1) is 0 Å². The molecule has 0 bridgehead atoms. The second kappa shape index (κ2) is 11.7. The van der Waals surface area contributed by atoms with Crippen molar-refractivity contribution in [3.05, 3.63) is 65.2 Å². The summed E-state index contributed by atoms with van der Waals surface area (Å²) < 4.78 is 5.40. The van der Waals surface area contributed by atoms with Gasteiger partial charge in [-0.25, -0.2) is 4.99 Å². The highest BCUT2D eigenvalue weighted by atomic mass is 16.5. The molecule has 0 heterocycles. The van der Waals surface area contributed by atoms with E-state index in [1.165, 1.54) is 0 Å². The lowest BCUT2D eigenvalue weighted by molar-refractivity contribution is 0.0773. The maximum absolute atomic E-state index is 12.4. The second-order valence-electron chi connectivity index (χ2n) is 6.53. The molecule has 1 amide bonds. The van der Waals surface area contributed by atoms with Gasteiger partial charge in [-0.05, 0) is 44.5 Å². The predicted molar refractivity (Wildman–Crippen MR) is 118 cm³/mol. The summed E-state index contributed by atoms with van der Waals surface area (Å²) in [6, 6.07) is 15.6. The van der Waals surface area contributed by atoms with Crippen molar-refractivity contribution in [2.45, 2.75) is 33.9 Å². The van der Waals surface area contributed by atoms with Gasteiger partial charge in [-0.15, -0.1) is 0 Å². The summed E-state index contributed by atoms with van der Waals surface area (Å²) in [5.41, 5.74) is 2.83. The quantitative estimate of drug-likeness (QED) is 0.503. The Labute approximate surface area is 174 Å². The Kier molecular flexibility index (Phi) is 9.02. The zero-order valence-electron chi connectivity index (χ0n) is 17.9. The van der Waals surface area contributed by atoms with Crippen LogP contribution in [0.4, 0.5) is 0 Å². The van der Waals surface area contributed by atoms with Gasteiger partial charge in [-0.1, -0.05) is 30.3 Å². The number of carbonyl (C=O) groups excluding carboxylic acids is 1. The van der Waals surface area contributed by atoms with E-state index in [-0.39, 0.29) is 5.91 Å². The Morgan fingerprint density at radius 3 is 2.31 bits per heavy atom. The van der Waals surface area contributed by atoms with E-state index in [4.69, 9.17) is 4.74 Å². The highest BCUT2D eigenvalue weighted by Gasteiger charge is 2.11. The molecular weight excluding hydrogens is 364 g/mol. The van der Waals surface area contributed by atoms with E-state index in [2.05, 4.69) is 15.6 Å². The second-order valence-corrected chi connectivity index (χ2v) is 6.53. The van der Waals surface area contributed by atoms with Crippen LogP contribution in [0.5, 0.6) is 5.75 Å². The van der Waals surface area contributed by atoms with Crippen molar-refractivity contribution in [2.24, 2.45) is 4.99 Å². The molecule has 0 aromatic heterocycles. The normalized spacial score (nSPS) is 11.1. The fraction of sp³-hybridized carbons (Fsp3) is 0.391. The molecule has 0 radical (unpaired) electrons. The number of amides is 1. The van der Waals surface area contributed by atoms with Crippen LogP contribution in [-0.4, -0.2) is 43.5 Å². The summed E-state index contributed by atoms with van der Waals surface area (Å²) in [4.78, 5) is 18.9. The monoisotopic (exact) mass is 396 g/mol. The van der Waals surface area contributed by atoms with E-state index in [1.807, 2.05) is 74.2 Å². The number of hydrogen-bond acceptors (Lipinski definition) is 3. The van der Waals surface area contributed by atoms with Gasteiger partial charge in [0.15, 0.2) is 5.96 Å². The van der Waals surface area contributed by atoms with Gasteiger partial charge in [0.25, 0.3) is 5.91 Å². The first-order valence-electron chi connectivity index (χ1n) is 10.1. The highest BCUT2D eigenvalue weighted by molar-refractivity contribution is 5.94. The molecule has 0 spiro atoms. The van der Waals surface area contributed by atoms with Crippen molar-refractivity contribution in [2.75, 3.05) is 26.7 Å². The average molecular weight is 397 g/mol. The molecule has 0 aliphatic heterocycles. The standard InChI is InChI=1S/C23H32N4O2/c1-5-24-23(26-17-20-10-8-9-11-21(20)29-4)25-16-18-12-14-19(15-13-18)22(28)27(6-2)7-3/h8-15H,5-7,16-17H2,1-4H3,(H2,24,25,26). The topological polar surface area (TPSA) is 66.0 Å². The smallest absolute Gasteiger partial charge is 0.253 e. The van der Waals surface area contributed by atoms with Crippen LogP contribution in [-0.2, 0) is 13.1 Å². The number of benzene rings is 2. The highest BCUT2D eigenvalue weighted by Crippen LogP contribution is 2.16. The van der Waals surface area contributed by atoms with Crippen molar-refractivity contribution < 1.29 is 9.53 Å². The van der Waals surface area contributed by atoms with Crippen LogP contribution < -0.4 is 15.4 Å². The number of nitrogens with one attached hydrogen (secondary N) is 2. The molecule has 0 saturated heterocycles. The molecule has 0 aliphatic carbocycles. The number of hydrogen-bond donors (Lipinski definition) is 2. The third-order valence-electron chi connectivity index (χ3n) is 4.65. The van der Waals surface area contributed by atoms with Crippen molar-refractivity contribution >= 4 is 11.9 Å². The maximum Gasteiger partial charge on any atom is 0.253 e. The van der Waals surface area contributed by atoms with E-state index in [0.717, 1.165) is 29.4 Å². The van der Waals surface area contributed by atoms with Gasteiger partial charge in [-0.2, -0.15) is 0 Å². The van der Waals surface area contributed by atoms with Crippen LogP contribution in [0.25, 0.3) is 0 Å². The fourth-order valence-electron chi connectivity index (χ4n) is 2.99. The minimum atomic E-state index is 0.0665. The number of ether oxygens (including phenoxy) is 1. The van der Waals surface area contributed by atoms with Crippen LogP contribution in [0.3, 0.4) is 0 Å². The number of guanidine groups is 1. The first kappa shape index (κ1) is 22.3. The molecule has 156 valence electrons. The van der Waals surface area contributed by atoms with Gasteiger partial charge >= 0.3 is 0 Å². The summed E-state index contributed by atoms with van der Waals surface area (Å²) in [6.45, 7) is 9.36. The number of methoxy groups -OCH3 is 1. The summed E-state index contributed by atoms with van der Waals surface area (Å²) in [5.74, 6) is 1.66. The molecular formula is C23H32N4O2. The zero-order valence-corrected chi connectivity index (χ0v) is 17.9. The van der Waals surface area contributed by atoms with Crippen molar-refractivity contribution in [3.63, 3.8) is 0 Å². The fourth-order valence-corrected chi connectivity index (χ4v) is 2.99. The minimum absolute atomic E-state index is 0.0665. The van der Waals surface area contributed by atoms with Crippen molar-refractivity contribution in [1.29, 1.82) is 0 Å². The summed E-state index contributed by atoms with van der Waals surface area (Å²) in [6.07, 6.45) is 0. The Morgan fingerprint density at radius 2 is 1.69 bits per heavy atom. The maximum atomic E-state index is 12.4. The predicted octanol–water partition coefficient (Wildman–Crippen LogP) is 3.43. The van der Waals surface area contributed by atoms with Crippen LogP contribution in [0.15, 0.2) is 53.5 Å². The van der Waals surface area contributed by atoms with Gasteiger partial charge in [0, 0.05) is 37.3 Å². The molecule has 6 heteroatoms. The molecule has 2 rings (SSSR count). The first-order chi connectivity index (χ1) is 14.1. The minimum Gasteiger partial charge on any atom is -0.496 e. The first-order valence-corrected chi connectivity index (χ1v) is 10.1. The van der Waals surface area contributed by atoms with E-state index in [9.17, 15) is 4.79 Å². The summed E-state index contributed by atoms with van der Waals surface area (Å²) in [7, 11) is 1.67. The van der Waals surface area contributed by atoms with Gasteiger partial charge < -0.3 is 20.3 Å². The third-order valence-corrected chi connectivity index (χ3v) is 4.65. The molecule has 0 atom stereocenters. The molecule has 0 unspecified atom stereocenters. The Balaban J connectivity index is 2.01. The molecule has 2 aromatic rings. The Bertz CT molecular complexity index is 799. The van der Waals surface area contributed by atoms with Crippen LogP contribution in [0.2, 0.25) is 0 Å². The Morgan fingerprint density at radius 1 is 1.00 bits per heavy atom. The van der Waals surface area contributed by atoms with Gasteiger partial charge in [0.05, 0.1) is 13.7 Å². The average Bonchev–Trinajstić information content (AvgIpc) is 2.77. The van der Waals surface area contributed by atoms with Crippen molar-refractivity contribution in [1.82, 2.24) is 15.5 Å². The van der Waals surface area contributed by atoms with E-state index in [0.29, 0.717) is 31.7 Å². The molecule has 2 aromatic carbocycles. The SMILES string of the molecule is CCNC(=NCc1ccc(C(=O)N(CC)CC)cc1)NCc1ccccc1OC. The molecule has 0 saturated carbocycles. The molecule has 6 nitrogen and oxygen atoms in total. The third kappa shape index (κ3) is 6.52. The van der Waals surface area contributed by atoms with Crippen LogP contribution >= 0.6 is 0 Å². The lowest BCUT2D eigenvalue weighted by Gasteiger charge is -2.18. The molecule has 2 N–H and O–H groups in total. The van der Waals surface area contributed by atoms with Gasteiger partial charge in [0.2, 0.25) is 0 Å². The van der Waals surface area contributed by atoms with E-state index < -0.39 is 0 Å². The number of para-hydroxylation sites is 1. The number of rotatable bonds is 9. The van der Waals surface area contributed by atoms with Gasteiger partial charge in [-0.3, -0.25) is 4.79 Å². The lowest BCUT2D eigenvalue weighted by Crippen LogP contribution is -2.36. The van der Waals surface area contributed by atoms with Crippen molar-refractivity contribution in [3.8, 4) is 5.75 Å². The molecule has 0 aliphatic rings. The van der Waals surface area contributed by atoms with Gasteiger partial charge in [0.1, 0.15) is 5.75 Å². The van der Waals surface area contributed by atoms with E-state index >= 15 is 0 Å². The summed E-state index contributed by atoms with van der Waals surface area (Å²) >= 11 is 0. The zero-order chi connectivity index (χ0) is 21.1. The van der Waals surface area contributed by atoms with E-state index in [1.54, 1.807) is 7.11 Å². The number of carbonyl (C=O) groups is 1. The Hall–Kier alpha value is -3.02. The number of aliphatic imine (C=N–C) groups is 1. The largest absolute Gasteiger partial charge is 0.496 e. The number of nitrogens with zero attached hydrogens (tertiary/aromatic N) is 2. The molecule has 29 heavy (non-hydrogen) atoms.